The van der Waals surface area contributed by atoms with Crippen LogP contribution in [0.15, 0.2) is 24.3 Å². The Labute approximate surface area is 176 Å². The Hall–Kier alpha value is -1.93. The van der Waals surface area contributed by atoms with E-state index in [0.717, 1.165) is 63.4 Å². The molecule has 7 heteroatoms. The summed E-state index contributed by atoms with van der Waals surface area (Å²) in [4.78, 5) is 19.8. The maximum Gasteiger partial charge on any atom is 0.263 e. The number of anilines is 1. The van der Waals surface area contributed by atoms with Crippen LogP contribution in [0, 0.1) is 13.8 Å². The van der Waals surface area contributed by atoms with Crippen molar-refractivity contribution in [3.8, 4) is 5.75 Å². The van der Waals surface area contributed by atoms with Crippen LogP contribution in [0.25, 0.3) is 0 Å². The van der Waals surface area contributed by atoms with Crippen LogP contribution in [0.2, 0.25) is 0 Å². The highest BCUT2D eigenvalue weighted by molar-refractivity contribution is 7.16. The summed E-state index contributed by atoms with van der Waals surface area (Å²) in [5.74, 6) is 0.843. The molecule has 0 aliphatic carbocycles. The van der Waals surface area contributed by atoms with Gasteiger partial charge in [-0.25, -0.2) is 0 Å². The fraction of sp³-hybridized carbons (Fsp3) is 0.500. The number of ether oxygens (including phenoxy) is 2. The molecule has 0 bridgehead atoms. The van der Waals surface area contributed by atoms with E-state index < -0.39 is 0 Å². The lowest BCUT2D eigenvalue weighted by atomic mass is 10.1. The van der Waals surface area contributed by atoms with Gasteiger partial charge in [0, 0.05) is 16.0 Å². The first-order chi connectivity index (χ1) is 14.1. The van der Waals surface area contributed by atoms with Gasteiger partial charge in [-0.15, -0.1) is 11.3 Å². The van der Waals surface area contributed by atoms with Crippen LogP contribution in [0.5, 0.6) is 5.75 Å². The maximum atomic E-state index is 13.4. The van der Waals surface area contributed by atoms with Gasteiger partial charge in [-0.1, -0.05) is 0 Å². The Bertz CT molecular complexity index is 859. The van der Waals surface area contributed by atoms with Crippen molar-refractivity contribution in [2.75, 3.05) is 58.1 Å². The molecule has 1 atom stereocenters. The van der Waals surface area contributed by atoms with E-state index in [0.29, 0.717) is 5.56 Å². The van der Waals surface area contributed by atoms with E-state index in [1.807, 2.05) is 29.2 Å². The number of aryl methyl sites for hydroxylation is 1. The lowest BCUT2D eigenvalue weighted by Crippen LogP contribution is -3.21. The van der Waals surface area contributed by atoms with Crippen LogP contribution in [-0.4, -0.2) is 59.1 Å². The zero-order chi connectivity index (χ0) is 20.4. The number of rotatable bonds is 5. The molecule has 1 amide bonds. The molecule has 0 spiro atoms. The second-order valence-electron chi connectivity index (χ2n) is 7.98. The molecule has 3 heterocycles. The average molecular weight is 418 g/mol. The van der Waals surface area contributed by atoms with Crippen molar-refractivity contribution in [3.63, 3.8) is 0 Å². The van der Waals surface area contributed by atoms with Crippen molar-refractivity contribution in [1.29, 1.82) is 0 Å². The average Bonchev–Trinajstić information content (AvgIpc) is 3.06. The van der Waals surface area contributed by atoms with Crippen LogP contribution in [-0.2, 0) is 11.3 Å². The number of amides is 1. The van der Waals surface area contributed by atoms with Crippen molar-refractivity contribution in [2.24, 2.45) is 0 Å². The minimum atomic E-state index is 0.0751. The zero-order valence-corrected chi connectivity index (χ0v) is 18.4. The third-order valence-corrected chi connectivity index (χ3v) is 7.43. The van der Waals surface area contributed by atoms with Crippen LogP contribution in [0.3, 0.4) is 0 Å². The number of hydrogen-bond acceptors (Lipinski definition) is 4. The molecule has 1 unspecified atom stereocenters. The minimum absolute atomic E-state index is 0.0751. The van der Waals surface area contributed by atoms with Gasteiger partial charge in [-0.3, -0.25) is 9.69 Å². The number of fused-ring (bicyclic) bond motifs is 1. The minimum Gasteiger partial charge on any atom is -0.497 e. The Morgan fingerprint density at radius 3 is 2.52 bits per heavy atom. The standard InChI is InChI=1S/C22H29N3O3S/c1-16-17(2)29-22-20(16)14-24(9-8-23-10-12-28-13-11-23)15-25(22)21(26)18-4-6-19(27-3)7-5-18/h4-7H,8-15H2,1-3H3/p+2. The lowest BCUT2D eigenvalue weighted by Gasteiger charge is -2.34. The van der Waals surface area contributed by atoms with E-state index in [4.69, 9.17) is 9.47 Å². The monoisotopic (exact) mass is 417 g/mol. The first-order valence-corrected chi connectivity index (χ1v) is 11.2. The molecule has 1 saturated heterocycles. The maximum absolute atomic E-state index is 13.4. The zero-order valence-electron chi connectivity index (χ0n) is 17.5. The molecule has 156 valence electrons. The van der Waals surface area contributed by atoms with Crippen molar-refractivity contribution in [1.82, 2.24) is 0 Å². The van der Waals surface area contributed by atoms with E-state index in [1.54, 1.807) is 23.3 Å². The summed E-state index contributed by atoms with van der Waals surface area (Å²) < 4.78 is 10.7. The van der Waals surface area contributed by atoms with Gasteiger partial charge in [0.15, 0.2) is 6.67 Å². The number of nitrogens with one attached hydrogen (secondary N) is 2. The van der Waals surface area contributed by atoms with Crippen LogP contribution >= 0.6 is 11.3 Å². The predicted octanol–water partition coefficient (Wildman–Crippen LogP) is 0.291. The van der Waals surface area contributed by atoms with Gasteiger partial charge in [-0.05, 0) is 43.7 Å². The molecule has 0 radical (unpaired) electrons. The first kappa shape index (κ1) is 20.3. The van der Waals surface area contributed by atoms with Crippen molar-refractivity contribution < 1.29 is 24.1 Å². The van der Waals surface area contributed by atoms with E-state index in [2.05, 4.69) is 13.8 Å². The van der Waals surface area contributed by atoms with Crippen LogP contribution in [0.4, 0.5) is 5.00 Å². The SMILES string of the molecule is COc1ccc(C(=O)N2C[NH+](CC[NH+]3CCOCC3)Cc3c2sc(C)c3C)cc1. The largest absolute Gasteiger partial charge is 0.497 e. The third kappa shape index (κ3) is 4.33. The van der Waals surface area contributed by atoms with E-state index in [-0.39, 0.29) is 5.91 Å². The molecule has 2 N–H and O–H groups in total. The highest BCUT2D eigenvalue weighted by Gasteiger charge is 2.34. The highest BCUT2D eigenvalue weighted by Crippen LogP contribution is 2.36. The Morgan fingerprint density at radius 2 is 1.83 bits per heavy atom. The van der Waals surface area contributed by atoms with Gasteiger partial charge < -0.3 is 19.3 Å². The molecular weight excluding hydrogens is 386 g/mol. The number of carbonyl (C=O) groups excluding carboxylic acids is 1. The molecule has 1 fully saturated rings. The summed E-state index contributed by atoms with van der Waals surface area (Å²) in [6, 6.07) is 7.44. The highest BCUT2D eigenvalue weighted by atomic mass is 32.1. The quantitative estimate of drug-likeness (QED) is 0.735. The second-order valence-corrected chi connectivity index (χ2v) is 9.18. The van der Waals surface area contributed by atoms with Crippen LogP contribution in [0.1, 0.15) is 26.4 Å². The molecule has 2 aliphatic rings. The molecule has 0 saturated carbocycles. The molecule has 2 aliphatic heterocycles. The number of quaternary nitrogens is 2. The fourth-order valence-electron chi connectivity index (χ4n) is 4.17. The molecule has 2 aromatic rings. The lowest BCUT2D eigenvalue weighted by molar-refractivity contribution is -0.967. The number of carbonyl (C=O) groups is 1. The van der Waals surface area contributed by atoms with Gasteiger partial charge in [0.25, 0.3) is 5.91 Å². The molecule has 29 heavy (non-hydrogen) atoms. The van der Waals surface area contributed by atoms with Gasteiger partial charge >= 0.3 is 0 Å². The summed E-state index contributed by atoms with van der Waals surface area (Å²) in [6.45, 7) is 12.2. The smallest absolute Gasteiger partial charge is 0.263 e. The summed E-state index contributed by atoms with van der Waals surface area (Å²) in [5.41, 5.74) is 3.39. The fourth-order valence-corrected chi connectivity index (χ4v) is 5.34. The van der Waals surface area contributed by atoms with Gasteiger partial charge in [-0.2, -0.15) is 0 Å². The summed E-state index contributed by atoms with van der Waals surface area (Å²) in [6.07, 6.45) is 0. The molecule has 6 nitrogen and oxygen atoms in total. The van der Waals surface area contributed by atoms with Gasteiger partial charge in [0.1, 0.15) is 43.5 Å². The van der Waals surface area contributed by atoms with E-state index in [1.165, 1.54) is 20.9 Å². The molecule has 4 rings (SSSR count). The molecular formula is C22H31N3O3S+2. The van der Waals surface area contributed by atoms with Gasteiger partial charge in [0.2, 0.25) is 0 Å². The number of thiophene rings is 1. The number of benzene rings is 1. The number of nitrogens with zero attached hydrogens (tertiary/aromatic N) is 1. The van der Waals surface area contributed by atoms with E-state index >= 15 is 0 Å². The Morgan fingerprint density at radius 1 is 1.14 bits per heavy atom. The number of methoxy groups -OCH3 is 1. The topological polar surface area (TPSA) is 47.6 Å². The third-order valence-electron chi connectivity index (χ3n) is 6.16. The van der Waals surface area contributed by atoms with Crippen molar-refractivity contribution in [2.45, 2.75) is 20.4 Å². The molecule has 1 aromatic carbocycles. The Balaban J connectivity index is 1.54. The summed E-state index contributed by atoms with van der Waals surface area (Å²) in [7, 11) is 1.64. The van der Waals surface area contributed by atoms with Crippen molar-refractivity contribution in [3.05, 3.63) is 45.8 Å². The van der Waals surface area contributed by atoms with Crippen LogP contribution < -0.4 is 19.4 Å². The van der Waals surface area contributed by atoms with Crippen molar-refractivity contribution >= 4 is 22.2 Å². The van der Waals surface area contributed by atoms with Gasteiger partial charge in [0.05, 0.1) is 20.3 Å². The molecule has 1 aromatic heterocycles. The van der Waals surface area contributed by atoms with E-state index in [9.17, 15) is 4.79 Å². The first-order valence-electron chi connectivity index (χ1n) is 10.4. The summed E-state index contributed by atoms with van der Waals surface area (Å²) >= 11 is 1.75. The Kier molecular flexibility index (Phi) is 6.20. The summed E-state index contributed by atoms with van der Waals surface area (Å²) in [5, 5.41) is 1.13. The second kappa shape index (κ2) is 8.83. The predicted molar refractivity (Wildman–Crippen MR) is 114 cm³/mol. The number of hydrogen-bond donors (Lipinski definition) is 2. The normalized spacial score (nSPS) is 19.8. The number of morpholine rings is 1.